The van der Waals surface area contributed by atoms with Crippen molar-refractivity contribution in [2.24, 2.45) is 13.0 Å². The number of rotatable bonds is 8. The van der Waals surface area contributed by atoms with E-state index < -0.39 is 22.2 Å². The highest BCUT2D eigenvalue weighted by Gasteiger charge is 2.35. The molecule has 2 fully saturated rings. The molecule has 3 rings (SSSR count). The van der Waals surface area contributed by atoms with Crippen molar-refractivity contribution in [1.82, 2.24) is 19.6 Å². The highest BCUT2D eigenvalue weighted by atomic mass is 32.2. The van der Waals surface area contributed by atoms with E-state index in [9.17, 15) is 18.3 Å². The van der Waals surface area contributed by atoms with Gasteiger partial charge in [-0.3, -0.25) is 4.79 Å². The van der Waals surface area contributed by atoms with E-state index in [0.717, 1.165) is 0 Å². The maximum Gasteiger partial charge on any atom is 0.259 e. The standard InChI is InChI=1S/C16H26N4O5S/c1-20-8-16(18-10-20)26(23,24)19-13-5-4-12(25-14(13)9-21)6-15(22)17-7-11-2-3-11/h8,10-14,19,21H,2-7,9H2,1H3,(H,17,22)/t12-,13+,14-/m0/s1. The van der Waals surface area contributed by atoms with Gasteiger partial charge in [0.05, 0.1) is 37.6 Å². The van der Waals surface area contributed by atoms with E-state index in [1.54, 1.807) is 11.6 Å². The second-order valence-electron chi connectivity index (χ2n) is 7.11. The number of sulfonamides is 1. The maximum absolute atomic E-state index is 12.4. The van der Waals surface area contributed by atoms with Gasteiger partial charge in [0.1, 0.15) is 0 Å². The number of nitrogens with one attached hydrogen (secondary N) is 2. The van der Waals surface area contributed by atoms with Crippen LogP contribution in [0.2, 0.25) is 0 Å². The van der Waals surface area contributed by atoms with Crippen molar-refractivity contribution in [2.75, 3.05) is 13.2 Å². The van der Waals surface area contributed by atoms with Gasteiger partial charge in [-0.2, -0.15) is 0 Å². The summed E-state index contributed by atoms with van der Waals surface area (Å²) in [4.78, 5) is 15.8. The van der Waals surface area contributed by atoms with Crippen molar-refractivity contribution in [3.63, 3.8) is 0 Å². The number of ether oxygens (including phenoxy) is 1. The minimum atomic E-state index is -3.79. The highest BCUT2D eigenvalue weighted by molar-refractivity contribution is 7.89. The number of carbonyl (C=O) groups is 1. The fourth-order valence-corrected chi connectivity index (χ4v) is 4.34. The van der Waals surface area contributed by atoms with E-state index in [1.807, 2.05) is 0 Å². The van der Waals surface area contributed by atoms with Crippen molar-refractivity contribution in [1.29, 1.82) is 0 Å². The summed E-state index contributed by atoms with van der Waals surface area (Å²) in [6.07, 6.45) is 5.41. The lowest BCUT2D eigenvalue weighted by atomic mass is 9.98. The van der Waals surface area contributed by atoms with Crippen molar-refractivity contribution < 1.29 is 23.1 Å². The average Bonchev–Trinajstić information content (AvgIpc) is 3.32. The minimum absolute atomic E-state index is 0.0638. The number of hydrogen-bond donors (Lipinski definition) is 3. The molecule has 0 bridgehead atoms. The van der Waals surface area contributed by atoms with Crippen molar-refractivity contribution in [2.45, 2.75) is 55.4 Å². The molecule has 1 amide bonds. The molecule has 3 N–H and O–H groups in total. The maximum atomic E-state index is 12.4. The molecule has 1 saturated heterocycles. The molecule has 0 unspecified atom stereocenters. The van der Waals surface area contributed by atoms with Crippen molar-refractivity contribution in [3.8, 4) is 0 Å². The average molecular weight is 386 g/mol. The van der Waals surface area contributed by atoms with Gasteiger partial charge in [0, 0.05) is 19.8 Å². The summed E-state index contributed by atoms with van der Waals surface area (Å²) in [5.74, 6) is 0.549. The molecule has 1 aliphatic carbocycles. The highest BCUT2D eigenvalue weighted by Crippen LogP contribution is 2.28. The zero-order chi connectivity index (χ0) is 18.7. The quantitative estimate of drug-likeness (QED) is 0.555. The Morgan fingerprint density at radius 3 is 2.77 bits per heavy atom. The fraction of sp³-hybridized carbons (Fsp3) is 0.750. The Balaban J connectivity index is 1.53. The zero-order valence-electron chi connectivity index (χ0n) is 14.8. The number of hydrogen-bond acceptors (Lipinski definition) is 6. The van der Waals surface area contributed by atoms with E-state index in [2.05, 4.69) is 15.0 Å². The number of aromatic nitrogens is 2. The van der Waals surface area contributed by atoms with Crippen molar-refractivity contribution >= 4 is 15.9 Å². The number of aliphatic hydroxyl groups excluding tert-OH is 1. The fourth-order valence-electron chi connectivity index (χ4n) is 3.06. The molecule has 0 spiro atoms. The summed E-state index contributed by atoms with van der Waals surface area (Å²) in [5, 5.41) is 12.4. The smallest absolute Gasteiger partial charge is 0.259 e. The second-order valence-corrected chi connectivity index (χ2v) is 8.77. The number of amides is 1. The van der Waals surface area contributed by atoms with E-state index in [1.165, 1.54) is 25.4 Å². The van der Waals surface area contributed by atoms with Gasteiger partial charge < -0.3 is 19.7 Å². The zero-order valence-corrected chi connectivity index (χ0v) is 15.6. The van der Waals surface area contributed by atoms with Gasteiger partial charge in [-0.15, -0.1) is 0 Å². The predicted molar refractivity (Wildman–Crippen MR) is 92.6 cm³/mol. The predicted octanol–water partition coefficient (Wildman–Crippen LogP) is -0.477. The summed E-state index contributed by atoms with van der Waals surface area (Å²) in [7, 11) is -2.10. The Morgan fingerprint density at radius 1 is 1.38 bits per heavy atom. The SMILES string of the molecule is Cn1cnc(S(=O)(=O)N[C@@H]2CC[C@@H](CC(=O)NCC3CC3)O[C@H]2CO)c1. The summed E-state index contributed by atoms with van der Waals surface area (Å²) in [5.41, 5.74) is 0. The molecule has 2 aliphatic rings. The van der Waals surface area contributed by atoms with Gasteiger partial charge in [-0.25, -0.2) is 18.1 Å². The third kappa shape index (κ3) is 5.03. The van der Waals surface area contributed by atoms with Crippen LogP contribution in [0, 0.1) is 5.92 Å². The molecule has 26 heavy (non-hydrogen) atoms. The largest absolute Gasteiger partial charge is 0.394 e. The van der Waals surface area contributed by atoms with Crippen molar-refractivity contribution in [3.05, 3.63) is 12.5 Å². The van der Waals surface area contributed by atoms with Crippen LogP contribution in [0.5, 0.6) is 0 Å². The number of aryl methyl sites for hydroxylation is 1. The lowest BCUT2D eigenvalue weighted by molar-refractivity contribution is -0.130. The monoisotopic (exact) mass is 386 g/mol. The molecular formula is C16H26N4O5S. The molecule has 1 aromatic heterocycles. The lowest BCUT2D eigenvalue weighted by Crippen LogP contribution is -2.51. The van der Waals surface area contributed by atoms with Gasteiger partial charge >= 0.3 is 0 Å². The Morgan fingerprint density at radius 2 is 2.15 bits per heavy atom. The molecule has 3 atom stereocenters. The third-order valence-electron chi connectivity index (χ3n) is 4.76. The summed E-state index contributed by atoms with van der Waals surface area (Å²) in [6.45, 7) is 0.386. The van der Waals surface area contributed by atoms with Gasteiger partial charge in [0.15, 0.2) is 5.03 Å². The normalized spacial score (nSPS) is 26.6. The Hall–Kier alpha value is -1.49. The summed E-state index contributed by atoms with van der Waals surface area (Å²) >= 11 is 0. The number of aliphatic hydroxyl groups is 1. The molecule has 1 saturated carbocycles. The van der Waals surface area contributed by atoms with Crippen LogP contribution in [-0.4, -0.2) is 60.4 Å². The van der Waals surface area contributed by atoms with E-state index >= 15 is 0 Å². The first-order valence-corrected chi connectivity index (χ1v) is 10.4. The lowest BCUT2D eigenvalue weighted by Gasteiger charge is -2.35. The van der Waals surface area contributed by atoms with Crippen LogP contribution in [0.25, 0.3) is 0 Å². The van der Waals surface area contributed by atoms with Gasteiger partial charge in [0.25, 0.3) is 10.0 Å². The van der Waals surface area contributed by atoms with Crippen LogP contribution in [0.15, 0.2) is 17.6 Å². The Kier molecular flexibility index (Phi) is 5.96. The molecule has 1 aliphatic heterocycles. The topological polar surface area (TPSA) is 123 Å². The minimum Gasteiger partial charge on any atom is -0.394 e. The van der Waals surface area contributed by atoms with Gasteiger partial charge in [-0.05, 0) is 31.6 Å². The van der Waals surface area contributed by atoms with Gasteiger partial charge in [0.2, 0.25) is 5.91 Å². The van der Waals surface area contributed by atoms with E-state index in [-0.39, 0.29) is 30.1 Å². The van der Waals surface area contributed by atoms with Crippen LogP contribution in [-0.2, 0) is 26.6 Å². The Bertz CT molecular complexity index is 731. The van der Waals surface area contributed by atoms with E-state index in [0.29, 0.717) is 25.3 Å². The molecule has 10 heteroatoms. The second kappa shape index (κ2) is 8.03. The van der Waals surface area contributed by atoms with Gasteiger partial charge in [-0.1, -0.05) is 0 Å². The first kappa shape index (κ1) is 19.3. The summed E-state index contributed by atoms with van der Waals surface area (Å²) < 4.78 is 34.7. The molecular weight excluding hydrogens is 360 g/mol. The van der Waals surface area contributed by atoms with Crippen LogP contribution in [0.3, 0.4) is 0 Å². The number of nitrogens with zero attached hydrogens (tertiary/aromatic N) is 2. The molecule has 1 aromatic rings. The molecule has 9 nitrogen and oxygen atoms in total. The van der Waals surface area contributed by atoms with Crippen LogP contribution >= 0.6 is 0 Å². The van der Waals surface area contributed by atoms with Crippen LogP contribution in [0.1, 0.15) is 32.1 Å². The number of imidazole rings is 1. The molecule has 146 valence electrons. The van der Waals surface area contributed by atoms with Crippen LogP contribution in [0.4, 0.5) is 0 Å². The molecule has 0 aromatic carbocycles. The summed E-state index contributed by atoms with van der Waals surface area (Å²) in [6, 6.07) is -0.558. The Labute approximate surface area is 153 Å². The first-order chi connectivity index (χ1) is 12.4. The molecule has 0 radical (unpaired) electrons. The first-order valence-electron chi connectivity index (χ1n) is 8.90. The molecule has 2 heterocycles. The van der Waals surface area contributed by atoms with E-state index in [4.69, 9.17) is 4.74 Å². The number of carbonyl (C=O) groups excluding carboxylic acids is 1. The van der Waals surface area contributed by atoms with Crippen LogP contribution < -0.4 is 10.0 Å². The third-order valence-corrected chi connectivity index (χ3v) is 6.13.